The van der Waals surface area contributed by atoms with Crippen LogP contribution < -0.4 is 5.73 Å². The number of allylic oxidation sites excluding steroid dienone is 2. The summed E-state index contributed by atoms with van der Waals surface area (Å²) in [4.78, 5) is 0. The van der Waals surface area contributed by atoms with E-state index in [0.29, 0.717) is 0 Å². The number of hydrogen-bond donors (Lipinski definition) is 1. The summed E-state index contributed by atoms with van der Waals surface area (Å²) in [5.74, 6) is 0. The Morgan fingerprint density at radius 1 is 1.27 bits per heavy atom. The smallest absolute Gasteiger partial charge is 0.0314 e. The highest BCUT2D eigenvalue weighted by Gasteiger charge is 1.87. The second-order valence-corrected chi connectivity index (χ2v) is 2.51. The molecule has 0 heterocycles. The molecule has 0 bridgehead atoms. The normalized spacial score (nSPS) is 10.6. The Labute approximate surface area is 67.5 Å². The van der Waals surface area contributed by atoms with E-state index in [0.717, 1.165) is 12.1 Å². The molecule has 11 heavy (non-hydrogen) atoms. The minimum atomic E-state index is 0.828. The highest BCUT2D eigenvalue weighted by atomic mass is 14.5. The summed E-state index contributed by atoms with van der Waals surface area (Å²) in [5.41, 5.74) is 7.67. The molecule has 0 fully saturated rings. The largest absolute Gasteiger partial charge is 0.399 e. The lowest BCUT2D eigenvalue weighted by Gasteiger charge is -1.95. The molecule has 0 amide bonds. The van der Waals surface area contributed by atoms with Gasteiger partial charge in [-0.15, -0.1) is 0 Å². The lowest BCUT2D eigenvalue weighted by molar-refractivity contribution is 1.26. The second-order valence-electron chi connectivity index (χ2n) is 2.51. The molecule has 0 saturated heterocycles. The first-order valence-electron chi connectivity index (χ1n) is 3.78. The van der Waals surface area contributed by atoms with Gasteiger partial charge in [0.2, 0.25) is 0 Å². The number of rotatable bonds is 2. The van der Waals surface area contributed by atoms with E-state index in [9.17, 15) is 0 Å². The van der Waals surface area contributed by atoms with Crippen molar-refractivity contribution < 1.29 is 0 Å². The highest BCUT2D eigenvalue weighted by Crippen LogP contribution is 2.05. The second kappa shape index (κ2) is 3.81. The van der Waals surface area contributed by atoms with Crippen molar-refractivity contribution in [1.82, 2.24) is 0 Å². The van der Waals surface area contributed by atoms with Crippen LogP contribution in [-0.2, 0) is 6.42 Å². The van der Waals surface area contributed by atoms with Crippen molar-refractivity contribution in [2.24, 2.45) is 0 Å². The zero-order chi connectivity index (χ0) is 8.10. The van der Waals surface area contributed by atoms with Gasteiger partial charge in [-0.05, 0) is 31.0 Å². The van der Waals surface area contributed by atoms with Gasteiger partial charge in [-0.3, -0.25) is 0 Å². The van der Waals surface area contributed by atoms with Gasteiger partial charge < -0.3 is 5.73 Å². The average Bonchev–Trinajstić information content (AvgIpc) is 2.04. The Balaban J connectivity index is 2.66. The van der Waals surface area contributed by atoms with E-state index in [-0.39, 0.29) is 0 Å². The van der Waals surface area contributed by atoms with Crippen molar-refractivity contribution in [3.63, 3.8) is 0 Å². The van der Waals surface area contributed by atoms with Crippen LogP contribution in [0, 0.1) is 0 Å². The molecule has 58 valence electrons. The van der Waals surface area contributed by atoms with Gasteiger partial charge >= 0.3 is 0 Å². The van der Waals surface area contributed by atoms with Gasteiger partial charge in [-0.1, -0.05) is 24.3 Å². The molecule has 0 atom stereocenters. The topological polar surface area (TPSA) is 26.0 Å². The third kappa shape index (κ3) is 2.46. The molecule has 1 aromatic carbocycles. The molecule has 1 nitrogen and oxygen atoms in total. The van der Waals surface area contributed by atoms with Gasteiger partial charge in [0, 0.05) is 5.69 Å². The summed E-state index contributed by atoms with van der Waals surface area (Å²) in [6.07, 6.45) is 5.18. The van der Waals surface area contributed by atoms with Gasteiger partial charge in [0.15, 0.2) is 0 Å². The van der Waals surface area contributed by atoms with E-state index >= 15 is 0 Å². The van der Waals surface area contributed by atoms with Crippen LogP contribution in [0.25, 0.3) is 0 Å². The molecule has 0 aliphatic carbocycles. The van der Waals surface area contributed by atoms with Crippen molar-refractivity contribution in [3.8, 4) is 0 Å². The van der Waals surface area contributed by atoms with Crippen LogP contribution in [0.2, 0.25) is 0 Å². The molecule has 0 spiro atoms. The van der Waals surface area contributed by atoms with Crippen molar-refractivity contribution in [1.29, 1.82) is 0 Å². The molecule has 1 heteroatoms. The van der Waals surface area contributed by atoms with Gasteiger partial charge in [0.05, 0.1) is 0 Å². The fourth-order valence-corrected chi connectivity index (χ4v) is 0.908. The van der Waals surface area contributed by atoms with E-state index in [1.165, 1.54) is 5.56 Å². The van der Waals surface area contributed by atoms with Crippen LogP contribution in [-0.4, -0.2) is 0 Å². The third-order valence-electron chi connectivity index (χ3n) is 1.57. The first-order valence-corrected chi connectivity index (χ1v) is 3.78. The Bertz CT molecular complexity index is 234. The van der Waals surface area contributed by atoms with Crippen LogP contribution in [0.15, 0.2) is 36.4 Å². The Hall–Kier alpha value is -1.24. The van der Waals surface area contributed by atoms with Gasteiger partial charge in [0.1, 0.15) is 0 Å². The molecular formula is C10H13N. The van der Waals surface area contributed by atoms with E-state index in [1.54, 1.807) is 0 Å². The van der Waals surface area contributed by atoms with Crippen molar-refractivity contribution >= 4 is 5.69 Å². The van der Waals surface area contributed by atoms with Crippen LogP contribution in [0.5, 0.6) is 0 Å². The van der Waals surface area contributed by atoms with E-state index < -0.39 is 0 Å². The maximum atomic E-state index is 5.54. The van der Waals surface area contributed by atoms with Crippen molar-refractivity contribution in [3.05, 3.63) is 42.0 Å². The zero-order valence-corrected chi connectivity index (χ0v) is 6.75. The molecule has 0 aliphatic heterocycles. The SMILES string of the molecule is C/C=C/Cc1ccc(N)cc1. The van der Waals surface area contributed by atoms with Crippen LogP contribution >= 0.6 is 0 Å². The summed E-state index contributed by atoms with van der Waals surface area (Å²) in [5, 5.41) is 0. The van der Waals surface area contributed by atoms with E-state index in [2.05, 4.69) is 24.3 Å². The van der Waals surface area contributed by atoms with E-state index in [4.69, 9.17) is 5.73 Å². The zero-order valence-electron chi connectivity index (χ0n) is 6.75. The van der Waals surface area contributed by atoms with Crippen LogP contribution in [0.1, 0.15) is 12.5 Å². The summed E-state index contributed by atoms with van der Waals surface area (Å²) in [6, 6.07) is 7.96. The van der Waals surface area contributed by atoms with Gasteiger partial charge in [0.25, 0.3) is 0 Å². The molecule has 0 radical (unpaired) electrons. The third-order valence-corrected chi connectivity index (χ3v) is 1.57. The number of nitrogens with two attached hydrogens (primary N) is 1. The van der Waals surface area contributed by atoms with Crippen LogP contribution in [0.4, 0.5) is 5.69 Å². The lowest BCUT2D eigenvalue weighted by atomic mass is 10.1. The summed E-state index contributed by atoms with van der Waals surface area (Å²) < 4.78 is 0. The number of nitrogen functional groups attached to an aromatic ring is 1. The first kappa shape index (κ1) is 7.86. The van der Waals surface area contributed by atoms with Gasteiger partial charge in [-0.25, -0.2) is 0 Å². The molecule has 1 aromatic rings. The Morgan fingerprint density at radius 2 is 1.91 bits per heavy atom. The molecule has 1 rings (SSSR count). The predicted octanol–water partition coefficient (Wildman–Crippen LogP) is 2.39. The molecule has 0 unspecified atom stereocenters. The quantitative estimate of drug-likeness (QED) is 0.504. The number of anilines is 1. The predicted molar refractivity (Wildman–Crippen MR) is 49.4 cm³/mol. The molecule has 0 aliphatic rings. The summed E-state index contributed by atoms with van der Waals surface area (Å²) in [6.45, 7) is 2.03. The minimum Gasteiger partial charge on any atom is -0.399 e. The Kier molecular flexibility index (Phi) is 2.73. The first-order chi connectivity index (χ1) is 5.33. The number of hydrogen-bond acceptors (Lipinski definition) is 1. The lowest BCUT2D eigenvalue weighted by Crippen LogP contribution is -1.85. The standard InChI is InChI=1S/C10H13N/c1-2-3-4-9-5-7-10(11)8-6-9/h2-3,5-8H,4,11H2,1H3/b3-2+. The summed E-state index contributed by atoms with van der Waals surface area (Å²) in [7, 11) is 0. The van der Waals surface area contributed by atoms with Crippen molar-refractivity contribution in [2.75, 3.05) is 5.73 Å². The molecule has 0 aromatic heterocycles. The minimum absolute atomic E-state index is 0.828. The molecule has 0 saturated carbocycles. The maximum Gasteiger partial charge on any atom is 0.0314 e. The maximum absolute atomic E-state index is 5.54. The monoisotopic (exact) mass is 147 g/mol. The Morgan fingerprint density at radius 3 is 2.45 bits per heavy atom. The fraction of sp³-hybridized carbons (Fsp3) is 0.200. The number of benzene rings is 1. The average molecular weight is 147 g/mol. The van der Waals surface area contributed by atoms with E-state index in [1.807, 2.05) is 19.1 Å². The van der Waals surface area contributed by atoms with Crippen LogP contribution in [0.3, 0.4) is 0 Å². The van der Waals surface area contributed by atoms with Gasteiger partial charge in [-0.2, -0.15) is 0 Å². The highest BCUT2D eigenvalue weighted by molar-refractivity contribution is 5.39. The molecule has 2 N–H and O–H groups in total. The van der Waals surface area contributed by atoms with Crippen molar-refractivity contribution in [2.45, 2.75) is 13.3 Å². The summed E-state index contributed by atoms with van der Waals surface area (Å²) >= 11 is 0. The fourth-order valence-electron chi connectivity index (χ4n) is 0.908. The molecular weight excluding hydrogens is 134 g/mol.